The van der Waals surface area contributed by atoms with Crippen LogP contribution in [0.5, 0.6) is 0 Å². The monoisotopic (exact) mass is 268 g/mol. The molecule has 2 atom stereocenters. The molecule has 100 valence electrons. The zero-order chi connectivity index (χ0) is 13.4. The Morgan fingerprint density at radius 2 is 2.17 bits per heavy atom. The summed E-state index contributed by atoms with van der Waals surface area (Å²) in [4.78, 5) is 0. The summed E-state index contributed by atoms with van der Waals surface area (Å²) in [6.45, 7) is 6.71. The van der Waals surface area contributed by atoms with Crippen molar-refractivity contribution >= 4 is 11.6 Å². The molecule has 1 heterocycles. The maximum absolute atomic E-state index is 10.9. The molecular weight excluding hydrogens is 248 g/mol. The van der Waals surface area contributed by atoms with Crippen molar-refractivity contribution in [1.29, 1.82) is 0 Å². The van der Waals surface area contributed by atoms with Gasteiger partial charge in [0, 0.05) is 17.9 Å². The van der Waals surface area contributed by atoms with Crippen molar-refractivity contribution in [2.75, 3.05) is 6.61 Å². The van der Waals surface area contributed by atoms with Crippen molar-refractivity contribution in [2.24, 2.45) is 0 Å². The van der Waals surface area contributed by atoms with Crippen LogP contribution in [0.3, 0.4) is 0 Å². The predicted octanol–water partition coefficient (Wildman–Crippen LogP) is 3.82. The molecule has 2 nitrogen and oxygen atoms in total. The van der Waals surface area contributed by atoms with Crippen molar-refractivity contribution in [3.05, 3.63) is 34.3 Å². The molecule has 18 heavy (non-hydrogen) atoms. The third-order valence-electron chi connectivity index (χ3n) is 4.09. The summed E-state index contributed by atoms with van der Waals surface area (Å²) in [7, 11) is 0. The fourth-order valence-corrected chi connectivity index (χ4v) is 2.76. The summed E-state index contributed by atoms with van der Waals surface area (Å²) < 4.78 is 5.79. The van der Waals surface area contributed by atoms with Crippen LogP contribution < -0.4 is 0 Å². The first-order valence-corrected chi connectivity index (χ1v) is 6.89. The molecule has 1 saturated heterocycles. The molecule has 1 aromatic carbocycles. The normalized spacial score (nSPS) is 32.5. The van der Waals surface area contributed by atoms with Crippen molar-refractivity contribution in [3.8, 4) is 0 Å². The van der Waals surface area contributed by atoms with Gasteiger partial charge in [-0.25, -0.2) is 0 Å². The van der Waals surface area contributed by atoms with Gasteiger partial charge >= 0.3 is 0 Å². The fraction of sp³-hybridized carbons (Fsp3) is 0.600. The molecule has 1 aliphatic rings. The molecule has 0 spiro atoms. The lowest BCUT2D eigenvalue weighted by Crippen LogP contribution is -2.45. The first-order valence-electron chi connectivity index (χ1n) is 6.51. The Morgan fingerprint density at radius 1 is 1.44 bits per heavy atom. The number of hydrogen-bond donors (Lipinski definition) is 1. The highest BCUT2D eigenvalue weighted by Crippen LogP contribution is 2.41. The number of hydrogen-bond acceptors (Lipinski definition) is 2. The molecule has 1 aromatic rings. The number of aryl methyl sites for hydroxylation is 1. The highest BCUT2D eigenvalue weighted by atomic mass is 35.5. The summed E-state index contributed by atoms with van der Waals surface area (Å²) >= 11 is 6.16. The summed E-state index contributed by atoms with van der Waals surface area (Å²) in [5.41, 5.74) is 0.875. The van der Waals surface area contributed by atoms with Gasteiger partial charge in [0.25, 0.3) is 0 Å². The van der Waals surface area contributed by atoms with Crippen LogP contribution in [0.4, 0.5) is 0 Å². The van der Waals surface area contributed by atoms with E-state index in [1.165, 1.54) is 0 Å². The number of halogens is 1. The van der Waals surface area contributed by atoms with E-state index in [4.69, 9.17) is 16.3 Å². The molecule has 1 N–H and O–H groups in total. The Kier molecular flexibility index (Phi) is 3.72. The standard InChI is InChI=1S/C15H21ClO2/c1-4-14(3)10-15(17,7-8-18-14)12-6-5-11(2)13(16)9-12/h5-6,9,17H,4,7-8,10H2,1-3H3. The van der Waals surface area contributed by atoms with E-state index >= 15 is 0 Å². The summed E-state index contributed by atoms with van der Waals surface area (Å²) in [6, 6.07) is 5.83. The third kappa shape index (κ3) is 2.56. The van der Waals surface area contributed by atoms with E-state index in [1.807, 2.05) is 25.1 Å². The molecule has 0 aliphatic carbocycles. The number of ether oxygens (including phenoxy) is 1. The molecule has 2 rings (SSSR count). The molecular formula is C15H21ClO2. The lowest BCUT2D eigenvalue weighted by Gasteiger charge is -2.43. The molecule has 2 unspecified atom stereocenters. The number of benzene rings is 1. The van der Waals surface area contributed by atoms with Crippen LogP contribution in [0, 0.1) is 6.92 Å². The Hall–Kier alpha value is -0.570. The minimum atomic E-state index is -0.819. The first-order chi connectivity index (χ1) is 8.38. The van der Waals surface area contributed by atoms with E-state index in [0.717, 1.165) is 17.5 Å². The minimum Gasteiger partial charge on any atom is -0.385 e. The van der Waals surface area contributed by atoms with E-state index < -0.39 is 5.60 Å². The first kappa shape index (κ1) is 13.9. The van der Waals surface area contributed by atoms with Gasteiger partial charge in [-0.1, -0.05) is 30.7 Å². The minimum absolute atomic E-state index is 0.246. The number of aliphatic hydroxyl groups is 1. The highest BCUT2D eigenvalue weighted by Gasteiger charge is 2.42. The van der Waals surface area contributed by atoms with Crippen molar-refractivity contribution in [3.63, 3.8) is 0 Å². The maximum atomic E-state index is 10.9. The van der Waals surface area contributed by atoms with Crippen molar-refractivity contribution in [1.82, 2.24) is 0 Å². The maximum Gasteiger partial charge on any atom is 0.0946 e. The second kappa shape index (κ2) is 4.84. The largest absolute Gasteiger partial charge is 0.385 e. The summed E-state index contributed by atoms with van der Waals surface area (Å²) in [6.07, 6.45) is 2.15. The molecule has 0 amide bonds. The van der Waals surface area contributed by atoms with Gasteiger partial charge in [0.05, 0.1) is 17.8 Å². The van der Waals surface area contributed by atoms with Crippen LogP contribution in [0.25, 0.3) is 0 Å². The smallest absolute Gasteiger partial charge is 0.0946 e. The van der Waals surface area contributed by atoms with Crippen LogP contribution in [-0.4, -0.2) is 17.3 Å². The van der Waals surface area contributed by atoms with E-state index in [9.17, 15) is 5.11 Å². The molecule has 3 heteroatoms. The molecule has 0 bridgehead atoms. The molecule has 0 radical (unpaired) electrons. The summed E-state index contributed by atoms with van der Waals surface area (Å²) in [5, 5.41) is 11.6. The van der Waals surface area contributed by atoms with Gasteiger partial charge in [-0.15, -0.1) is 0 Å². The van der Waals surface area contributed by atoms with E-state index in [2.05, 4.69) is 13.8 Å². The summed E-state index contributed by atoms with van der Waals surface area (Å²) in [5.74, 6) is 0. The lowest BCUT2D eigenvalue weighted by molar-refractivity contribution is -0.157. The second-order valence-corrected chi connectivity index (χ2v) is 5.98. The van der Waals surface area contributed by atoms with Crippen molar-refractivity contribution in [2.45, 2.75) is 51.2 Å². The van der Waals surface area contributed by atoms with Gasteiger partial charge in [-0.05, 0) is 37.5 Å². The van der Waals surface area contributed by atoms with Gasteiger partial charge in [0.2, 0.25) is 0 Å². The second-order valence-electron chi connectivity index (χ2n) is 5.57. The average Bonchev–Trinajstić information content (AvgIpc) is 2.32. The van der Waals surface area contributed by atoms with Gasteiger partial charge < -0.3 is 9.84 Å². The van der Waals surface area contributed by atoms with Crippen molar-refractivity contribution < 1.29 is 9.84 Å². The molecule has 0 aromatic heterocycles. The van der Waals surface area contributed by atoms with E-state index in [1.54, 1.807) is 0 Å². The highest BCUT2D eigenvalue weighted by molar-refractivity contribution is 6.31. The molecule has 1 fully saturated rings. The Balaban J connectivity index is 2.32. The number of rotatable bonds is 2. The third-order valence-corrected chi connectivity index (χ3v) is 4.50. The SMILES string of the molecule is CCC1(C)CC(O)(c2ccc(C)c(Cl)c2)CCO1. The van der Waals surface area contributed by atoms with Gasteiger partial charge in [0.1, 0.15) is 0 Å². The van der Waals surface area contributed by atoms with Crippen LogP contribution in [-0.2, 0) is 10.3 Å². The lowest BCUT2D eigenvalue weighted by atomic mass is 9.77. The van der Waals surface area contributed by atoms with Gasteiger partial charge in [-0.2, -0.15) is 0 Å². The van der Waals surface area contributed by atoms with E-state index in [0.29, 0.717) is 24.5 Å². The van der Waals surface area contributed by atoms with Gasteiger partial charge in [-0.3, -0.25) is 0 Å². The Bertz CT molecular complexity index is 446. The van der Waals surface area contributed by atoms with Crippen LogP contribution in [0.15, 0.2) is 18.2 Å². The topological polar surface area (TPSA) is 29.5 Å². The van der Waals surface area contributed by atoms with Crippen LogP contribution >= 0.6 is 11.6 Å². The Labute approximate surface area is 114 Å². The Morgan fingerprint density at radius 3 is 2.78 bits per heavy atom. The van der Waals surface area contributed by atoms with Crippen LogP contribution in [0.2, 0.25) is 5.02 Å². The molecule has 1 aliphatic heterocycles. The zero-order valence-corrected chi connectivity index (χ0v) is 12.0. The zero-order valence-electron chi connectivity index (χ0n) is 11.3. The quantitative estimate of drug-likeness (QED) is 0.884. The van der Waals surface area contributed by atoms with Crippen LogP contribution in [0.1, 0.15) is 44.2 Å². The van der Waals surface area contributed by atoms with Gasteiger partial charge in [0.15, 0.2) is 0 Å². The average molecular weight is 269 g/mol. The fourth-order valence-electron chi connectivity index (χ4n) is 2.58. The predicted molar refractivity (Wildman–Crippen MR) is 74.0 cm³/mol. The van der Waals surface area contributed by atoms with E-state index in [-0.39, 0.29) is 5.60 Å². The molecule has 0 saturated carbocycles.